The van der Waals surface area contributed by atoms with Crippen LogP contribution in [0.3, 0.4) is 0 Å². The van der Waals surface area contributed by atoms with Crippen LogP contribution >= 0.6 is 0 Å². The van der Waals surface area contributed by atoms with Crippen LogP contribution < -0.4 is 14.2 Å². The van der Waals surface area contributed by atoms with E-state index in [4.69, 9.17) is 18.9 Å². The molecule has 0 saturated carbocycles. The molecule has 0 radical (unpaired) electrons. The molecular weight excluding hydrogens is 354 g/mol. The molecule has 0 unspecified atom stereocenters. The molecule has 0 aromatic heterocycles. The van der Waals surface area contributed by atoms with Crippen molar-refractivity contribution < 1.29 is 18.9 Å². The summed E-state index contributed by atoms with van der Waals surface area (Å²) in [5.41, 5.74) is 2.35. The quantitative estimate of drug-likeness (QED) is 0.620. The maximum Gasteiger partial charge on any atom is 0.161 e. The number of benzene rings is 2. The average Bonchev–Trinajstić information content (AvgIpc) is 2.74. The van der Waals surface area contributed by atoms with E-state index < -0.39 is 0 Å². The smallest absolute Gasteiger partial charge is 0.161 e. The van der Waals surface area contributed by atoms with Crippen molar-refractivity contribution in [1.29, 1.82) is 0 Å². The Morgan fingerprint density at radius 3 is 2.61 bits per heavy atom. The lowest BCUT2D eigenvalue weighted by molar-refractivity contribution is 0.0374. The topological polar surface area (TPSA) is 40.2 Å². The maximum absolute atomic E-state index is 6.03. The zero-order chi connectivity index (χ0) is 19.6. The van der Waals surface area contributed by atoms with Crippen molar-refractivity contribution in [3.63, 3.8) is 0 Å². The van der Waals surface area contributed by atoms with Gasteiger partial charge in [0.2, 0.25) is 0 Å². The Bertz CT molecular complexity index is 728. The molecule has 0 aliphatic carbocycles. The molecule has 1 heterocycles. The van der Waals surface area contributed by atoms with Gasteiger partial charge in [-0.2, -0.15) is 0 Å². The Kier molecular flexibility index (Phi) is 8.00. The van der Waals surface area contributed by atoms with Gasteiger partial charge in [-0.05, 0) is 61.7 Å². The number of morpholine rings is 1. The largest absolute Gasteiger partial charge is 0.497 e. The lowest BCUT2D eigenvalue weighted by atomic mass is 10.1. The van der Waals surface area contributed by atoms with Crippen LogP contribution in [0.25, 0.3) is 0 Å². The zero-order valence-electron chi connectivity index (χ0n) is 17.0. The molecule has 0 spiro atoms. The third-order valence-corrected chi connectivity index (χ3v) is 4.88. The lowest BCUT2D eigenvalue weighted by Crippen LogP contribution is -2.36. The fraction of sp³-hybridized carbons (Fsp3) is 0.478. The lowest BCUT2D eigenvalue weighted by Gasteiger charge is -2.26. The summed E-state index contributed by atoms with van der Waals surface area (Å²) in [5, 5.41) is 0. The molecular formula is C23H31NO4. The van der Waals surface area contributed by atoms with Crippen LogP contribution in [0.15, 0.2) is 42.5 Å². The molecule has 0 amide bonds. The van der Waals surface area contributed by atoms with Crippen molar-refractivity contribution in [2.75, 3.05) is 46.6 Å². The summed E-state index contributed by atoms with van der Waals surface area (Å²) in [4.78, 5) is 2.47. The van der Waals surface area contributed by atoms with Crippen molar-refractivity contribution >= 4 is 0 Å². The van der Waals surface area contributed by atoms with Crippen molar-refractivity contribution in [1.82, 2.24) is 4.90 Å². The average molecular weight is 386 g/mol. The maximum atomic E-state index is 6.03. The van der Waals surface area contributed by atoms with Crippen LogP contribution in [0.1, 0.15) is 24.5 Å². The number of hydrogen-bond donors (Lipinski definition) is 0. The van der Waals surface area contributed by atoms with Crippen LogP contribution in [0.5, 0.6) is 17.2 Å². The summed E-state index contributed by atoms with van der Waals surface area (Å²) in [7, 11) is 1.67. The second-order valence-corrected chi connectivity index (χ2v) is 6.91. The number of nitrogens with zero attached hydrogens (tertiary/aromatic N) is 1. The van der Waals surface area contributed by atoms with Gasteiger partial charge in [-0.3, -0.25) is 4.90 Å². The van der Waals surface area contributed by atoms with Gasteiger partial charge in [0, 0.05) is 13.1 Å². The van der Waals surface area contributed by atoms with Gasteiger partial charge in [-0.25, -0.2) is 0 Å². The van der Waals surface area contributed by atoms with E-state index in [0.29, 0.717) is 13.2 Å². The second kappa shape index (κ2) is 10.9. The molecule has 5 nitrogen and oxygen atoms in total. The normalized spacial score (nSPS) is 14.6. The highest BCUT2D eigenvalue weighted by molar-refractivity contribution is 5.43. The fourth-order valence-electron chi connectivity index (χ4n) is 3.35. The first-order valence-corrected chi connectivity index (χ1v) is 10.1. The predicted octanol–water partition coefficient (Wildman–Crippen LogP) is 3.94. The zero-order valence-corrected chi connectivity index (χ0v) is 17.0. The molecule has 1 aliphatic heterocycles. The molecule has 0 bridgehead atoms. The second-order valence-electron chi connectivity index (χ2n) is 6.91. The monoisotopic (exact) mass is 385 g/mol. The minimum Gasteiger partial charge on any atom is -0.497 e. The molecule has 5 heteroatoms. The number of ether oxygens (including phenoxy) is 4. The van der Waals surface area contributed by atoms with E-state index in [9.17, 15) is 0 Å². The van der Waals surface area contributed by atoms with Crippen LogP contribution in [0, 0.1) is 0 Å². The van der Waals surface area contributed by atoms with Crippen molar-refractivity contribution in [3.8, 4) is 17.2 Å². The molecule has 28 heavy (non-hydrogen) atoms. The van der Waals surface area contributed by atoms with E-state index in [1.165, 1.54) is 5.56 Å². The van der Waals surface area contributed by atoms with E-state index >= 15 is 0 Å². The molecule has 152 valence electrons. The Morgan fingerprint density at radius 2 is 1.82 bits per heavy atom. The summed E-state index contributed by atoms with van der Waals surface area (Å²) >= 11 is 0. The highest BCUT2D eigenvalue weighted by Gasteiger charge is 2.11. The molecule has 3 rings (SSSR count). The molecule has 2 aromatic carbocycles. The van der Waals surface area contributed by atoms with E-state index in [2.05, 4.69) is 17.0 Å². The van der Waals surface area contributed by atoms with Gasteiger partial charge in [-0.15, -0.1) is 0 Å². The molecule has 1 saturated heterocycles. The van der Waals surface area contributed by atoms with Gasteiger partial charge in [0.1, 0.15) is 12.4 Å². The molecule has 2 aromatic rings. The summed E-state index contributed by atoms with van der Waals surface area (Å²) < 4.78 is 22.5. The van der Waals surface area contributed by atoms with E-state index in [-0.39, 0.29) is 0 Å². The number of methoxy groups -OCH3 is 1. The van der Waals surface area contributed by atoms with Gasteiger partial charge in [-0.1, -0.05) is 18.2 Å². The Hall–Kier alpha value is -2.24. The highest BCUT2D eigenvalue weighted by atomic mass is 16.5. The number of rotatable bonds is 10. The van der Waals surface area contributed by atoms with Crippen molar-refractivity contribution in [2.24, 2.45) is 0 Å². The third kappa shape index (κ3) is 6.14. The highest BCUT2D eigenvalue weighted by Crippen LogP contribution is 2.30. The summed E-state index contributed by atoms with van der Waals surface area (Å²) in [6.07, 6.45) is 2.17. The minimum atomic E-state index is 0.480. The van der Waals surface area contributed by atoms with Gasteiger partial charge >= 0.3 is 0 Å². The predicted molar refractivity (Wildman–Crippen MR) is 111 cm³/mol. The summed E-state index contributed by atoms with van der Waals surface area (Å²) in [6.45, 7) is 8.00. The summed E-state index contributed by atoms with van der Waals surface area (Å²) in [6, 6.07) is 14.2. The van der Waals surface area contributed by atoms with Gasteiger partial charge < -0.3 is 18.9 Å². The van der Waals surface area contributed by atoms with Crippen LogP contribution in [-0.4, -0.2) is 51.5 Å². The van der Waals surface area contributed by atoms with Gasteiger partial charge in [0.15, 0.2) is 11.5 Å². The minimum absolute atomic E-state index is 0.480. The van der Waals surface area contributed by atoms with E-state index in [0.717, 1.165) is 68.5 Å². The standard InChI is InChI=1S/C23H31NO4/c1-3-27-23-17-19(7-5-11-24-12-14-26-15-13-24)9-10-22(23)28-18-20-6-4-8-21(16-20)25-2/h4,6,8-10,16-17H,3,5,7,11-15,18H2,1-2H3. The van der Waals surface area contributed by atoms with Crippen LogP contribution in [0.2, 0.25) is 0 Å². The van der Waals surface area contributed by atoms with Crippen LogP contribution in [-0.2, 0) is 17.8 Å². The molecule has 1 fully saturated rings. The Morgan fingerprint density at radius 1 is 0.964 bits per heavy atom. The van der Waals surface area contributed by atoms with E-state index in [1.807, 2.05) is 37.3 Å². The first-order valence-electron chi connectivity index (χ1n) is 10.1. The van der Waals surface area contributed by atoms with Gasteiger partial charge in [0.05, 0.1) is 26.9 Å². The van der Waals surface area contributed by atoms with Gasteiger partial charge in [0.25, 0.3) is 0 Å². The van der Waals surface area contributed by atoms with Crippen molar-refractivity contribution in [2.45, 2.75) is 26.4 Å². The summed E-state index contributed by atoms with van der Waals surface area (Å²) in [5.74, 6) is 2.43. The number of aryl methyl sites for hydroxylation is 1. The molecule has 0 N–H and O–H groups in total. The van der Waals surface area contributed by atoms with E-state index in [1.54, 1.807) is 7.11 Å². The fourth-order valence-corrected chi connectivity index (χ4v) is 3.35. The molecule has 0 atom stereocenters. The molecule has 1 aliphatic rings. The SMILES string of the molecule is CCOc1cc(CCCN2CCOCC2)ccc1OCc1cccc(OC)c1. The Balaban J connectivity index is 1.56. The first kappa shape index (κ1) is 20.5. The van der Waals surface area contributed by atoms with Crippen LogP contribution in [0.4, 0.5) is 0 Å². The number of hydrogen-bond acceptors (Lipinski definition) is 5. The van der Waals surface area contributed by atoms with Crippen molar-refractivity contribution in [3.05, 3.63) is 53.6 Å². The third-order valence-electron chi connectivity index (χ3n) is 4.88. The Labute approximate surface area is 168 Å². The first-order chi connectivity index (χ1) is 13.8.